The van der Waals surface area contributed by atoms with E-state index in [4.69, 9.17) is 15.5 Å². The van der Waals surface area contributed by atoms with Gasteiger partial charge in [0.1, 0.15) is 11.6 Å². The number of carbonyl (C=O) groups excluding carboxylic acids is 1. The van der Waals surface area contributed by atoms with Crippen molar-refractivity contribution in [1.82, 2.24) is 19.7 Å². The van der Waals surface area contributed by atoms with E-state index in [0.717, 1.165) is 31.5 Å². The first kappa shape index (κ1) is 24.9. The molecule has 2 fully saturated rings. The van der Waals surface area contributed by atoms with E-state index in [1.54, 1.807) is 24.4 Å². The predicted octanol–water partition coefficient (Wildman–Crippen LogP) is 3.65. The molecule has 3 aromatic rings. The molecule has 1 spiro atoms. The number of hydrogen-bond acceptors (Lipinski definition) is 9. The molecule has 0 radical (unpaired) electrons. The van der Waals surface area contributed by atoms with Gasteiger partial charge in [0.15, 0.2) is 5.03 Å². The van der Waals surface area contributed by atoms with E-state index in [0.29, 0.717) is 22.8 Å². The molecule has 3 N–H and O–H groups in total. The van der Waals surface area contributed by atoms with Gasteiger partial charge in [0.05, 0.1) is 17.4 Å². The van der Waals surface area contributed by atoms with Crippen molar-refractivity contribution in [2.75, 3.05) is 23.7 Å². The maximum atomic E-state index is 13.3. The van der Waals surface area contributed by atoms with E-state index < -0.39 is 15.9 Å². The predicted molar refractivity (Wildman–Crippen MR) is 142 cm³/mol. The summed E-state index contributed by atoms with van der Waals surface area (Å²) in [6, 6.07) is 11.2. The molecule has 4 heterocycles. The van der Waals surface area contributed by atoms with Crippen LogP contribution >= 0.6 is 0 Å². The Bertz CT molecular complexity index is 1420. The zero-order valence-corrected chi connectivity index (χ0v) is 21.7. The van der Waals surface area contributed by atoms with E-state index in [-0.39, 0.29) is 23.9 Å². The van der Waals surface area contributed by atoms with Crippen LogP contribution in [0.5, 0.6) is 5.88 Å². The maximum Gasteiger partial charge on any atom is 0.281 e. The van der Waals surface area contributed by atoms with Gasteiger partial charge in [-0.15, -0.1) is 0 Å². The van der Waals surface area contributed by atoms with Gasteiger partial charge in [-0.1, -0.05) is 6.07 Å². The summed E-state index contributed by atoms with van der Waals surface area (Å²) < 4.78 is 33.4. The number of piperidine rings is 1. The Kier molecular flexibility index (Phi) is 6.49. The molecule has 0 atom stereocenters. The van der Waals surface area contributed by atoms with Gasteiger partial charge in [-0.2, -0.15) is 8.42 Å². The molecule has 1 saturated heterocycles. The molecular formula is C26H32N6O4S. The summed E-state index contributed by atoms with van der Waals surface area (Å²) in [4.78, 5) is 28.4. The summed E-state index contributed by atoms with van der Waals surface area (Å²) in [5.74, 6) is 0.233. The highest BCUT2D eigenvalue weighted by Gasteiger charge is 2.45. The van der Waals surface area contributed by atoms with Gasteiger partial charge in [-0.05, 0) is 75.3 Å². The number of sulfonamides is 1. The summed E-state index contributed by atoms with van der Waals surface area (Å²) in [6.45, 7) is 5.36. The van der Waals surface area contributed by atoms with E-state index in [1.165, 1.54) is 31.0 Å². The quantitative estimate of drug-likeness (QED) is 0.474. The number of anilines is 2. The number of nitrogens with two attached hydrogens (primary N) is 1. The van der Waals surface area contributed by atoms with Crippen molar-refractivity contribution >= 4 is 27.6 Å². The average Bonchev–Trinajstić information content (AvgIpc) is 3.62. The number of amides is 1. The molecule has 1 aliphatic carbocycles. The Hall–Kier alpha value is -3.73. The van der Waals surface area contributed by atoms with Crippen LogP contribution in [0.1, 0.15) is 51.3 Å². The van der Waals surface area contributed by atoms with Crippen LogP contribution in [-0.4, -0.2) is 48.5 Å². The lowest BCUT2D eigenvalue weighted by atomic mass is 9.93. The van der Waals surface area contributed by atoms with Gasteiger partial charge >= 0.3 is 0 Å². The van der Waals surface area contributed by atoms with Crippen LogP contribution in [0.4, 0.5) is 11.6 Å². The lowest BCUT2D eigenvalue weighted by molar-refractivity contribution is 0.0981. The number of rotatable bonds is 7. The number of ether oxygens (including phenoxy) is 1. The molecule has 3 aromatic heterocycles. The van der Waals surface area contributed by atoms with E-state index in [2.05, 4.69) is 19.6 Å². The van der Waals surface area contributed by atoms with E-state index >= 15 is 0 Å². The van der Waals surface area contributed by atoms with Crippen molar-refractivity contribution in [3.8, 4) is 17.1 Å². The van der Waals surface area contributed by atoms with Crippen molar-refractivity contribution in [3.05, 3.63) is 54.2 Å². The van der Waals surface area contributed by atoms with Crippen LogP contribution in [0.3, 0.4) is 0 Å². The maximum absolute atomic E-state index is 13.3. The largest absolute Gasteiger partial charge is 0.475 e. The minimum atomic E-state index is -4.22. The highest BCUT2D eigenvalue weighted by Crippen LogP contribution is 2.54. The molecule has 10 nitrogen and oxygen atoms in total. The molecule has 2 aliphatic rings. The van der Waals surface area contributed by atoms with Crippen molar-refractivity contribution < 1.29 is 19.4 Å². The summed E-state index contributed by atoms with van der Waals surface area (Å²) in [5.41, 5.74) is 7.62. The third-order valence-corrected chi connectivity index (χ3v) is 8.07. The van der Waals surface area contributed by atoms with Crippen LogP contribution < -0.4 is 20.1 Å². The van der Waals surface area contributed by atoms with E-state index in [1.807, 2.05) is 19.9 Å². The number of carbonyl (C=O) groups is 1. The van der Waals surface area contributed by atoms with Gasteiger partial charge in [-0.3, -0.25) is 4.79 Å². The molecule has 5 rings (SSSR count). The molecule has 0 aromatic carbocycles. The van der Waals surface area contributed by atoms with Gasteiger partial charge in [0, 0.05) is 32.3 Å². The zero-order valence-electron chi connectivity index (χ0n) is 20.8. The van der Waals surface area contributed by atoms with Crippen molar-refractivity contribution in [2.45, 2.75) is 50.7 Å². The third kappa shape index (κ3) is 5.51. The average molecular weight is 525 g/mol. The van der Waals surface area contributed by atoms with Crippen LogP contribution in [0, 0.1) is 5.41 Å². The van der Waals surface area contributed by atoms with Gasteiger partial charge in [-0.25, -0.2) is 19.7 Å². The summed E-state index contributed by atoms with van der Waals surface area (Å²) in [5, 5.41) is -0.324. The SMILES string of the molecule is CC(C)Oc1ccc(-c2ccc(C(=O)NS(=O)(=O)c3cccc(N)n3)c(N3CCC4(CC3)CC4)n2)cn1.[HH]. The van der Waals surface area contributed by atoms with Gasteiger partial charge < -0.3 is 15.4 Å². The first-order chi connectivity index (χ1) is 17.6. The molecule has 1 aliphatic heterocycles. The highest BCUT2D eigenvalue weighted by atomic mass is 32.2. The lowest BCUT2D eigenvalue weighted by Gasteiger charge is -2.34. The Morgan fingerprint density at radius 3 is 2.46 bits per heavy atom. The molecular weight excluding hydrogens is 492 g/mol. The summed E-state index contributed by atoms with van der Waals surface area (Å²) >= 11 is 0. The molecule has 1 saturated carbocycles. The fraction of sp³-hybridized carbons (Fsp3) is 0.385. The minimum Gasteiger partial charge on any atom is -0.475 e. The van der Waals surface area contributed by atoms with Crippen molar-refractivity contribution in [1.29, 1.82) is 0 Å². The van der Waals surface area contributed by atoms with Crippen LogP contribution in [0.25, 0.3) is 11.3 Å². The number of nitrogens with zero attached hydrogens (tertiary/aromatic N) is 4. The van der Waals surface area contributed by atoms with Crippen molar-refractivity contribution in [3.63, 3.8) is 0 Å². The number of nitrogen functional groups attached to an aromatic ring is 1. The molecule has 0 bridgehead atoms. The Morgan fingerprint density at radius 1 is 1.08 bits per heavy atom. The Morgan fingerprint density at radius 2 is 1.84 bits per heavy atom. The smallest absolute Gasteiger partial charge is 0.281 e. The normalized spacial score (nSPS) is 16.6. The van der Waals surface area contributed by atoms with Gasteiger partial charge in [0.25, 0.3) is 15.9 Å². The Balaban J connectivity index is 0.00000336. The lowest BCUT2D eigenvalue weighted by Crippen LogP contribution is -2.38. The van der Waals surface area contributed by atoms with Crippen LogP contribution in [-0.2, 0) is 10.0 Å². The molecule has 196 valence electrons. The van der Waals surface area contributed by atoms with Crippen molar-refractivity contribution in [2.24, 2.45) is 5.41 Å². The van der Waals surface area contributed by atoms with Crippen LogP contribution in [0.2, 0.25) is 0 Å². The standard InChI is InChI=1S/C26H30N6O4S.H2/c1-17(2)36-22-9-6-18(16-28-22)20-8-7-19(24(29-20)32-14-12-26(10-11-26)13-15-32)25(33)31-37(34,35)23-5-3-4-21(27)30-23;/h3-9,16-17H,10-15H2,1-2H3,(H2,27,30)(H,31,33);1H. The number of hydrogen-bond donors (Lipinski definition) is 2. The monoisotopic (exact) mass is 524 g/mol. The first-order valence-electron chi connectivity index (χ1n) is 12.3. The topological polar surface area (TPSA) is 140 Å². The summed E-state index contributed by atoms with van der Waals surface area (Å²) in [7, 11) is -4.22. The van der Waals surface area contributed by atoms with Crippen LogP contribution in [0.15, 0.2) is 53.7 Å². The molecule has 37 heavy (non-hydrogen) atoms. The third-order valence-electron chi connectivity index (χ3n) is 6.84. The van der Waals surface area contributed by atoms with Gasteiger partial charge in [0.2, 0.25) is 5.88 Å². The van der Waals surface area contributed by atoms with E-state index in [9.17, 15) is 13.2 Å². The molecule has 0 unspecified atom stereocenters. The second-order valence-electron chi connectivity index (χ2n) is 9.94. The second-order valence-corrected chi connectivity index (χ2v) is 11.6. The second kappa shape index (κ2) is 9.62. The fourth-order valence-electron chi connectivity index (χ4n) is 4.55. The molecule has 1 amide bonds. The molecule has 11 heteroatoms. The minimum absolute atomic E-state index is 0. The first-order valence-corrected chi connectivity index (χ1v) is 13.8. The number of pyridine rings is 3. The highest BCUT2D eigenvalue weighted by molar-refractivity contribution is 7.90. The summed E-state index contributed by atoms with van der Waals surface area (Å²) in [6.07, 6.45) is 6.21. The number of aromatic nitrogens is 3. The zero-order chi connectivity index (χ0) is 26.2. The Labute approximate surface area is 217 Å². The number of nitrogens with one attached hydrogen (secondary N) is 1. The fourth-order valence-corrected chi connectivity index (χ4v) is 5.49.